The van der Waals surface area contributed by atoms with E-state index in [1.54, 1.807) is 29.6 Å². The highest BCUT2D eigenvalue weighted by atomic mass is 16.7. The molecular weight excluding hydrogens is 404 g/mol. The van der Waals surface area contributed by atoms with Crippen LogP contribution in [0.2, 0.25) is 0 Å². The molecule has 2 heterocycles. The van der Waals surface area contributed by atoms with Crippen LogP contribution in [-0.4, -0.2) is 48.1 Å². The van der Waals surface area contributed by atoms with E-state index in [-0.39, 0.29) is 18.3 Å². The fourth-order valence-corrected chi connectivity index (χ4v) is 3.71. The molecule has 7 heteroatoms. The third-order valence-corrected chi connectivity index (χ3v) is 5.41. The number of nitrogens with zero attached hydrogens (tertiary/aromatic N) is 3. The van der Waals surface area contributed by atoms with E-state index < -0.39 is 6.04 Å². The van der Waals surface area contributed by atoms with Crippen molar-refractivity contribution in [2.45, 2.75) is 12.5 Å². The molecule has 0 bridgehead atoms. The van der Waals surface area contributed by atoms with Crippen molar-refractivity contribution in [3.8, 4) is 0 Å². The summed E-state index contributed by atoms with van der Waals surface area (Å²) in [6.07, 6.45) is 3.59. The number of hydroxylamine groups is 2. The maximum atomic E-state index is 12.7. The van der Waals surface area contributed by atoms with Gasteiger partial charge in [0.25, 0.3) is 5.91 Å². The second kappa shape index (κ2) is 10.5. The average molecular weight is 431 g/mol. The maximum Gasteiger partial charge on any atom is 0.327 e. The predicted molar refractivity (Wildman–Crippen MR) is 122 cm³/mol. The lowest BCUT2D eigenvalue weighted by Gasteiger charge is -2.34. The van der Waals surface area contributed by atoms with Gasteiger partial charge in [0.15, 0.2) is 0 Å². The van der Waals surface area contributed by atoms with E-state index in [0.717, 1.165) is 24.3 Å². The number of carbonyl (C=O) groups excluding carboxylic acids is 2. The summed E-state index contributed by atoms with van der Waals surface area (Å²) >= 11 is 0. The van der Waals surface area contributed by atoms with E-state index in [9.17, 15) is 9.59 Å². The quantitative estimate of drug-likeness (QED) is 0.620. The summed E-state index contributed by atoms with van der Waals surface area (Å²) in [6, 6.07) is 21.9. The van der Waals surface area contributed by atoms with Gasteiger partial charge in [-0.05, 0) is 29.8 Å². The molecule has 2 aromatic carbocycles. The predicted octanol–water partition coefficient (Wildman–Crippen LogP) is 3.22. The highest BCUT2D eigenvalue weighted by molar-refractivity contribution is 5.94. The molecule has 1 atom stereocenters. The van der Waals surface area contributed by atoms with Gasteiger partial charge in [0.2, 0.25) is 0 Å². The molecule has 0 radical (unpaired) electrons. The van der Waals surface area contributed by atoms with Crippen molar-refractivity contribution in [2.75, 3.05) is 31.1 Å². The fourth-order valence-electron chi connectivity index (χ4n) is 3.71. The first kappa shape index (κ1) is 21.5. The van der Waals surface area contributed by atoms with Crippen LogP contribution in [-0.2, 0) is 9.63 Å². The van der Waals surface area contributed by atoms with E-state index >= 15 is 0 Å². The van der Waals surface area contributed by atoms with Crippen LogP contribution < -0.4 is 10.2 Å². The molecule has 164 valence electrons. The number of benzene rings is 2. The average Bonchev–Trinajstić information content (AvgIpc) is 2.85. The molecule has 1 N–H and O–H groups in total. The van der Waals surface area contributed by atoms with Gasteiger partial charge < -0.3 is 15.1 Å². The van der Waals surface area contributed by atoms with Crippen LogP contribution in [0.4, 0.5) is 5.69 Å². The zero-order valence-electron chi connectivity index (χ0n) is 17.8. The molecule has 0 saturated carbocycles. The molecule has 4 rings (SSSR count). The van der Waals surface area contributed by atoms with Gasteiger partial charge in [0, 0.05) is 36.7 Å². The Bertz CT molecular complexity index is 1010. The van der Waals surface area contributed by atoms with Gasteiger partial charge in [-0.3, -0.25) is 14.6 Å². The van der Waals surface area contributed by atoms with Crippen molar-refractivity contribution >= 4 is 17.6 Å². The minimum absolute atomic E-state index is 0.0488. The summed E-state index contributed by atoms with van der Waals surface area (Å²) < 4.78 is 0. The highest BCUT2D eigenvalue weighted by Gasteiger charge is 2.24. The summed E-state index contributed by atoms with van der Waals surface area (Å²) in [5, 5.41) is 4.67. The zero-order valence-corrected chi connectivity index (χ0v) is 17.8. The molecule has 32 heavy (non-hydrogen) atoms. The van der Waals surface area contributed by atoms with Crippen LogP contribution in [0.3, 0.4) is 0 Å². The Morgan fingerprint density at radius 1 is 0.875 bits per heavy atom. The van der Waals surface area contributed by atoms with E-state index in [4.69, 9.17) is 4.84 Å². The molecule has 0 spiro atoms. The number of pyridine rings is 1. The van der Waals surface area contributed by atoms with Crippen LogP contribution in [0.5, 0.6) is 0 Å². The van der Waals surface area contributed by atoms with Gasteiger partial charge in [0.1, 0.15) is 0 Å². The van der Waals surface area contributed by atoms with Crippen molar-refractivity contribution in [3.05, 3.63) is 96.3 Å². The first-order chi connectivity index (χ1) is 15.7. The molecule has 1 unspecified atom stereocenters. The smallest absolute Gasteiger partial charge is 0.327 e. The third-order valence-electron chi connectivity index (χ3n) is 5.41. The first-order valence-electron chi connectivity index (χ1n) is 10.7. The van der Waals surface area contributed by atoms with E-state index in [0.29, 0.717) is 18.7 Å². The summed E-state index contributed by atoms with van der Waals surface area (Å²) in [4.78, 5) is 37.3. The van der Waals surface area contributed by atoms with Crippen LogP contribution in [0.15, 0.2) is 85.2 Å². The summed E-state index contributed by atoms with van der Waals surface area (Å²) in [7, 11) is 0. The van der Waals surface area contributed by atoms with Crippen molar-refractivity contribution in [3.63, 3.8) is 0 Å². The van der Waals surface area contributed by atoms with Crippen LogP contribution in [0.25, 0.3) is 0 Å². The number of anilines is 1. The largest absolute Gasteiger partial charge is 0.369 e. The number of rotatable bonds is 7. The molecule has 7 nitrogen and oxygen atoms in total. The number of aromatic nitrogens is 1. The number of amides is 1. The Hall–Kier alpha value is -3.71. The normalized spacial score (nSPS) is 15.1. The lowest BCUT2D eigenvalue weighted by molar-refractivity contribution is -0.192. The van der Waals surface area contributed by atoms with Crippen LogP contribution in [0.1, 0.15) is 28.4 Å². The topological polar surface area (TPSA) is 74.8 Å². The molecule has 1 fully saturated rings. The van der Waals surface area contributed by atoms with Gasteiger partial charge in [0.05, 0.1) is 25.6 Å². The molecule has 0 aliphatic carbocycles. The molecule has 3 aromatic rings. The number of nitrogens with one attached hydrogen (secondary N) is 1. The van der Waals surface area contributed by atoms with Gasteiger partial charge in [-0.15, -0.1) is 5.06 Å². The SMILES string of the molecule is O=C(CC(NC(=O)c1ccccc1)c1ccccc1)ON1CCN(c2ccncc2)CC1. The standard InChI is InChI=1S/C25H26N4O3/c30-24(32-29-17-15-28(16-18-29)22-11-13-26-14-12-22)19-23(20-7-3-1-4-8-20)27-25(31)21-9-5-2-6-10-21/h1-14,23H,15-19H2,(H,27,31). The summed E-state index contributed by atoms with van der Waals surface area (Å²) in [6.45, 7) is 2.73. The molecule has 1 aromatic heterocycles. The second-order valence-electron chi connectivity index (χ2n) is 7.59. The second-order valence-corrected chi connectivity index (χ2v) is 7.59. The lowest BCUT2D eigenvalue weighted by Crippen LogP contribution is -2.47. The molecule has 1 saturated heterocycles. The van der Waals surface area contributed by atoms with Crippen LogP contribution >= 0.6 is 0 Å². The maximum absolute atomic E-state index is 12.7. The van der Waals surface area contributed by atoms with Crippen molar-refractivity contribution in [1.82, 2.24) is 15.4 Å². The third kappa shape index (κ3) is 5.70. The van der Waals surface area contributed by atoms with E-state index in [2.05, 4.69) is 15.2 Å². The lowest BCUT2D eigenvalue weighted by atomic mass is 10.0. The zero-order chi connectivity index (χ0) is 22.2. The van der Waals surface area contributed by atoms with Crippen LogP contribution in [0, 0.1) is 0 Å². The highest BCUT2D eigenvalue weighted by Crippen LogP contribution is 2.20. The number of hydrogen-bond acceptors (Lipinski definition) is 6. The van der Waals surface area contributed by atoms with Gasteiger partial charge >= 0.3 is 5.97 Å². The number of hydrogen-bond donors (Lipinski definition) is 1. The van der Waals surface area contributed by atoms with E-state index in [1.807, 2.05) is 60.7 Å². The number of piperazine rings is 1. The molecule has 1 aliphatic rings. The van der Waals surface area contributed by atoms with E-state index in [1.165, 1.54) is 0 Å². The Kier molecular flexibility index (Phi) is 7.09. The van der Waals surface area contributed by atoms with Crippen molar-refractivity contribution < 1.29 is 14.4 Å². The van der Waals surface area contributed by atoms with Gasteiger partial charge in [-0.1, -0.05) is 48.5 Å². The van der Waals surface area contributed by atoms with Crippen molar-refractivity contribution in [2.24, 2.45) is 0 Å². The summed E-state index contributed by atoms with van der Waals surface area (Å²) in [5.41, 5.74) is 2.52. The molecular formula is C25H26N4O3. The Labute approximate surface area is 187 Å². The fraction of sp³-hybridized carbons (Fsp3) is 0.240. The Morgan fingerprint density at radius 3 is 2.16 bits per heavy atom. The minimum Gasteiger partial charge on any atom is -0.369 e. The van der Waals surface area contributed by atoms with Gasteiger partial charge in [-0.25, -0.2) is 0 Å². The Balaban J connectivity index is 1.35. The number of carbonyl (C=O) groups is 2. The minimum atomic E-state index is -0.477. The van der Waals surface area contributed by atoms with Crippen molar-refractivity contribution in [1.29, 1.82) is 0 Å². The molecule has 1 amide bonds. The Morgan fingerprint density at radius 2 is 1.50 bits per heavy atom. The monoisotopic (exact) mass is 430 g/mol. The molecule has 1 aliphatic heterocycles. The first-order valence-corrected chi connectivity index (χ1v) is 10.7. The summed E-state index contributed by atoms with van der Waals surface area (Å²) in [5.74, 6) is -0.595. The van der Waals surface area contributed by atoms with Gasteiger partial charge in [-0.2, -0.15) is 0 Å².